The van der Waals surface area contributed by atoms with E-state index < -0.39 is 11.4 Å². The van der Waals surface area contributed by atoms with Crippen molar-refractivity contribution in [2.24, 2.45) is 0 Å². The van der Waals surface area contributed by atoms with E-state index in [0.717, 1.165) is 23.5 Å². The van der Waals surface area contributed by atoms with Gasteiger partial charge in [-0.15, -0.1) is 0 Å². The molecule has 0 bridgehead atoms. The van der Waals surface area contributed by atoms with Crippen LogP contribution in [0.2, 0.25) is 0 Å². The molecular weight excluding hydrogens is 284 g/mol. The van der Waals surface area contributed by atoms with Crippen LogP contribution in [0.25, 0.3) is 0 Å². The summed E-state index contributed by atoms with van der Waals surface area (Å²) >= 11 is 0. The van der Waals surface area contributed by atoms with Crippen LogP contribution in [0.15, 0.2) is 18.2 Å². The average Bonchev–Trinajstić information content (AvgIpc) is 3.04. The second kappa shape index (κ2) is 4.60. The summed E-state index contributed by atoms with van der Waals surface area (Å²) in [4.78, 5) is 0. The zero-order valence-electron chi connectivity index (χ0n) is 13.4. The summed E-state index contributed by atoms with van der Waals surface area (Å²) in [6, 6.07) is 6.03. The van der Waals surface area contributed by atoms with Crippen LogP contribution in [-0.4, -0.2) is 36.5 Å². The lowest BCUT2D eigenvalue weighted by Crippen LogP contribution is -2.44. The monoisotopic (exact) mass is 306 g/mol. The van der Waals surface area contributed by atoms with Gasteiger partial charge in [0.2, 0.25) is 6.79 Å². The van der Waals surface area contributed by atoms with Crippen molar-refractivity contribution in [2.45, 2.75) is 63.8 Å². The van der Waals surface area contributed by atoms with Gasteiger partial charge in [-0.1, -0.05) is 6.07 Å². The molecule has 0 unspecified atom stereocenters. The van der Waals surface area contributed by atoms with Gasteiger partial charge in [0.15, 0.2) is 17.3 Å². The second-order valence-corrected chi connectivity index (χ2v) is 6.95. The number of hydrogen-bond acceptors (Lipinski definition) is 5. The lowest BCUT2D eigenvalue weighted by molar-refractivity contribution is -0.201. The lowest BCUT2D eigenvalue weighted by atomic mass is 9.89. The Bertz CT molecular complexity index is 599. The SMILES string of the molecule is C[C@@H]1O[C@H](Cc2ccc3c(c2)OCO3)[C@@]2(C)OC(C)(C)O[C@@H]12. The Morgan fingerprint density at radius 2 is 1.91 bits per heavy atom. The van der Waals surface area contributed by atoms with Crippen LogP contribution in [0, 0.1) is 0 Å². The highest BCUT2D eigenvalue weighted by Gasteiger charge is 2.61. The van der Waals surface area contributed by atoms with Gasteiger partial charge in [0.05, 0.1) is 12.2 Å². The largest absolute Gasteiger partial charge is 0.454 e. The third-order valence-electron chi connectivity index (χ3n) is 4.74. The van der Waals surface area contributed by atoms with E-state index in [-0.39, 0.29) is 18.3 Å². The van der Waals surface area contributed by atoms with Crippen molar-refractivity contribution in [1.82, 2.24) is 0 Å². The van der Waals surface area contributed by atoms with Gasteiger partial charge in [-0.2, -0.15) is 0 Å². The first-order valence-electron chi connectivity index (χ1n) is 7.79. The molecule has 0 aliphatic carbocycles. The molecule has 3 heterocycles. The molecule has 0 radical (unpaired) electrons. The van der Waals surface area contributed by atoms with E-state index in [4.69, 9.17) is 23.7 Å². The van der Waals surface area contributed by atoms with Crippen LogP contribution in [0.3, 0.4) is 0 Å². The molecular formula is C17H22O5. The minimum absolute atomic E-state index is 0.0192. The van der Waals surface area contributed by atoms with Gasteiger partial charge in [0.1, 0.15) is 11.7 Å². The zero-order valence-corrected chi connectivity index (χ0v) is 13.4. The highest BCUT2D eigenvalue weighted by Crippen LogP contribution is 2.47. The fourth-order valence-electron chi connectivity index (χ4n) is 3.84. The van der Waals surface area contributed by atoms with Crippen molar-refractivity contribution < 1.29 is 23.7 Å². The molecule has 2 saturated heterocycles. The summed E-state index contributed by atoms with van der Waals surface area (Å²) in [6.45, 7) is 8.35. The molecule has 5 nitrogen and oxygen atoms in total. The summed E-state index contributed by atoms with van der Waals surface area (Å²) < 4.78 is 29.2. The van der Waals surface area contributed by atoms with E-state index >= 15 is 0 Å². The molecule has 0 saturated carbocycles. The van der Waals surface area contributed by atoms with Gasteiger partial charge in [0, 0.05) is 6.42 Å². The van der Waals surface area contributed by atoms with Gasteiger partial charge in [-0.3, -0.25) is 0 Å². The number of hydrogen-bond donors (Lipinski definition) is 0. The molecule has 5 heteroatoms. The molecule has 1 aromatic rings. The summed E-state index contributed by atoms with van der Waals surface area (Å²) in [5.41, 5.74) is 0.718. The van der Waals surface area contributed by atoms with Gasteiger partial charge >= 0.3 is 0 Å². The van der Waals surface area contributed by atoms with Crippen molar-refractivity contribution >= 4 is 0 Å². The molecule has 0 N–H and O–H groups in total. The van der Waals surface area contributed by atoms with Crippen molar-refractivity contribution in [2.75, 3.05) is 6.79 Å². The van der Waals surface area contributed by atoms with E-state index in [2.05, 4.69) is 13.0 Å². The Morgan fingerprint density at radius 1 is 1.14 bits per heavy atom. The highest BCUT2D eigenvalue weighted by molar-refractivity contribution is 5.44. The Hall–Kier alpha value is -1.30. The van der Waals surface area contributed by atoms with E-state index in [0.29, 0.717) is 6.79 Å². The Morgan fingerprint density at radius 3 is 2.73 bits per heavy atom. The Kier molecular flexibility index (Phi) is 2.99. The quantitative estimate of drug-likeness (QED) is 0.840. The third kappa shape index (κ3) is 2.11. The first-order valence-corrected chi connectivity index (χ1v) is 7.79. The van der Waals surface area contributed by atoms with Crippen LogP contribution in [0.4, 0.5) is 0 Å². The van der Waals surface area contributed by atoms with Gasteiger partial charge in [-0.25, -0.2) is 0 Å². The smallest absolute Gasteiger partial charge is 0.231 e. The van der Waals surface area contributed by atoms with E-state index in [1.54, 1.807) is 0 Å². The van der Waals surface area contributed by atoms with E-state index in [1.165, 1.54) is 0 Å². The molecule has 22 heavy (non-hydrogen) atoms. The topological polar surface area (TPSA) is 46.2 Å². The maximum absolute atomic E-state index is 6.20. The van der Waals surface area contributed by atoms with Crippen molar-refractivity contribution in [3.8, 4) is 11.5 Å². The summed E-state index contributed by atoms with van der Waals surface area (Å²) in [7, 11) is 0. The lowest BCUT2D eigenvalue weighted by Gasteiger charge is -2.29. The molecule has 1 aromatic carbocycles. The minimum Gasteiger partial charge on any atom is -0.454 e. The number of fused-ring (bicyclic) bond motifs is 2. The number of ether oxygens (including phenoxy) is 5. The van der Waals surface area contributed by atoms with Crippen molar-refractivity contribution in [1.29, 1.82) is 0 Å². The maximum atomic E-state index is 6.20. The maximum Gasteiger partial charge on any atom is 0.231 e. The van der Waals surface area contributed by atoms with Crippen LogP contribution in [0.1, 0.15) is 33.3 Å². The summed E-state index contributed by atoms with van der Waals surface area (Å²) in [5, 5.41) is 0. The summed E-state index contributed by atoms with van der Waals surface area (Å²) in [5.74, 6) is 1.04. The first-order chi connectivity index (χ1) is 10.4. The molecule has 4 atom stereocenters. The minimum atomic E-state index is -0.565. The number of benzene rings is 1. The van der Waals surface area contributed by atoms with Crippen LogP contribution in [0.5, 0.6) is 11.5 Å². The Labute approximate surface area is 130 Å². The zero-order chi connectivity index (χ0) is 15.5. The van der Waals surface area contributed by atoms with Crippen molar-refractivity contribution in [3.05, 3.63) is 23.8 Å². The van der Waals surface area contributed by atoms with Gasteiger partial charge < -0.3 is 23.7 Å². The molecule has 120 valence electrons. The van der Waals surface area contributed by atoms with Crippen LogP contribution >= 0.6 is 0 Å². The Balaban J connectivity index is 1.58. The molecule has 0 amide bonds. The molecule has 2 fully saturated rings. The van der Waals surface area contributed by atoms with Crippen LogP contribution in [-0.2, 0) is 20.6 Å². The summed E-state index contributed by atoms with van der Waals surface area (Å²) in [6.07, 6.45) is 0.690. The van der Waals surface area contributed by atoms with E-state index in [1.807, 2.05) is 32.9 Å². The highest BCUT2D eigenvalue weighted by atomic mass is 16.8. The second-order valence-electron chi connectivity index (χ2n) is 6.95. The molecule has 0 aromatic heterocycles. The van der Waals surface area contributed by atoms with Crippen LogP contribution < -0.4 is 9.47 Å². The third-order valence-corrected chi connectivity index (χ3v) is 4.74. The first kappa shape index (κ1) is 14.3. The fourth-order valence-corrected chi connectivity index (χ4v) is 3.84. The average molecular weight is 306 g/mol. The fraction of sp³-hybridized carbons (Fsp3) is 0.647. The number of rotatable bonds is 2. The van der Waals surface area contributed by atoms with Gasteiger partial charge in [-0.05, 0) is 45.4 Å². The van der Waals surface area contributed by atoms with Crippen molar-refractivity contribution in [3.63, 3.8) is 0 Å². The van der Waals surface area contributed by atoms with E-state index in [9.17, 15) is 0 Å². The normalized spacial score (nSPS) is 38.3. The predicted molar refractivity (Wildman–Crippen MR) is 79.0 cm³/mol. The predicted octanol–water partition coefficient (Wildman–Crippen LogP) is 2.66. The standard InChI is InChI=1S/C17H22O5/c1-10-15-17(4,22-16(2,3)21-15)14(20-10)8-11-5-6-12-13(7-11)19-9-18-12/h5-7,10,14-15H,8-9H2,1-4H3/t10-,14+,15-,17+/m0/s1. The molecule has 3 aliphatic rings. The van der Waals surface area contributed by atoms with Gasteiger partial charge in [0.25, 0.3) is 0 Å². The molecule has 0 spiro atoms. The molecule has 3 aliphatic heterocycles. The molecule has 4 rings (SSSR count).